The Labute approximate surface area is 161 Å². The molecule has 0 amide bonds. The van der Waals surface area contributed by atoms with Gasteiger partial charge in [-0.05, 0) is 56.5 Å². The third-order valence-electron chi connectivity index (χ3n) is 4.82. The molecular formula is C21H27N3O2S. The van der Waals surface area contributed by atoms with Crippen LogP contribution in [0.4, 0.5) is 5.69 Å². The summed E-state index contributed by atoms with van der Waals surface area (Å²) in [6.45, 7) is 8.18. The van der Waals surface area contributed by atoms with Gasteiger partial charge in [-0.2, -0.15) is 0 Å². The van der Waals surface area contributed by atoms with Crippen molar-refractivity contribution in [2.45, 2.75) is 45.1 Å². The molecule has 0 saturated carbocycles. The fourth-order valence-electron chi connectivity index (χ4n) is 3.61. The number of fused-ring (bicyclic) bond motifs is 1. The Morgan fingerprint density at radius 2 is 1.78 bits per heavy atom. The first kappa shape index (κ1) is 19.5. The summed E-state index contributed by atoms with van der Waals surface area (Å²) >= 11 is 0. The van der Waals surface area contributed by atoms with Crippen LogP contribution in [0.1, 0.15) is 30.0 Å². The minimum atomic E-state index is -3.58. The third kappa shape index (κ3) is 4.17. The van der Waals surface area contributed by atoms with Gasteiger partial charge in [-0.1, -0.05) is 30.7 Å². The second kappa shape index (κ2) is 7.74. The topological polar surface area (TPSA) is 74.0 Å². The number of anilines is 1. The molecule has 0 saturated heterocycles. The average Bonchev–Trinajstić information content (AvgIpc) is 3.06. The number of aromatic amines is 1. The Bertz CT molecular complexity index is 1030. The van der Waals surface area contributed by atoms with Crippen LogP contribution in [0.15, 0.2) is 47.5 Å². The van der Waals surface area contributed by atoms with Crippen LogP contribution in [0, 0.1) is 20.8 Å². The number of aromatic nitrogens is 1. The maximum absolute atomic E-state index is 13.0. The van der Waals surface area contributed by atoms with E-state index in [1.807, 2.05) is 70.3 Å². The highest BCUT2D eigenvalue weighted by molar-refractivity contribution is 7.89. The SMILES string of the molecule is CC[C@@H](CNc1cccc2[nH]ccc12)NS(=O)(=O)c1c(C)cc(C)cc1C. The van der Waals surface area contributed by atoms with Gasteiger partial charge in [-0.15, -0.1) is 0 Å². The van der Waals surface area contributed by atoms with Gasteiger partial charge in [0.2, 0.25) is 10.0 Å². The van der Waals surface area contributed by atoms with E-state index in [9.17, 15) is 8.42 Å². The van der Waals surface area contributed by atoms with Crippen molar-refractivity contribution >= 4 is 26.6 Å². The van der Waals surface area contributed by atoms with Crippen molar-refractivity contribution in [3.63, 3.8) is 0 Å². The zero-order valence-electron chi connectivity index (χ0n) is 16.3. The van der Waals surface area contributed by atoms with E-state index in [1.54, 1.807) is 0 Å². The van der Waals surface area contributed by atoms with E-state index in [1.165, 1.54) is 0 Å². The molecule has 3 rings (SSSR count). The fraction of sp³-hybridized carbons (Fsp3) is 0.333. The van der Waals surface area contributed by atoms with Crippen LogP contribution >= 0.6 is 0 Å². The predicted molar refractivity (Wildman–Crippen MR) is 112 cm³/mol. The number of nitrogens with one attached hydrogen (secondary N) is 3. The lowest BCUT2D eigenvalue weighted by atomic mass is 10.1. The molecule has 1 atom stereocenters. The molecule has 144 valence electrons. The van der Waals surface area contributed by atoms with Gasteiger partial charge in [-0.3, -0.25) is 0 Å². The zero-order valence-corrected chi connectivity index (χ0v) is 17.1. The van der Waals surface area contributed by atoms with E-state index in [4.69, 9.17) is 0 Å². The van der Waals surface area contributed by atoms with Gasteiger partial charge in [-0.25, -0.2) is 13.1 Å². The van der Waals surface area contributed by atoms with Crippen LogP contribution in [0.5, 0.6) is 0 Å². The summed E-state index contributed by atoms with van der Waals surface area (Å²) in [4.78, 5) is 3.58. The Kier molecular flexibility index (Phi) is 5.58. The largest absolute Gasteiger partial charge is 0.383 e. The van der Waals surface area contributed by atoms with Crippen molar-refractivity contribution in [1.29, 1.82) is 0 Å². The van der Waals surface area contributed by atoms with Crippen molar-refractivity contribution in [3.8, 4) is 0 Å². The van der Waals surface area contributed by atoms with Crippen LogP contribution in [-0.2, 0) is 10.0 Å². The molecule has 0 aliphatic rings. The van der Waals surface area contributed by atoms with E-state index in [-0.39, 0.29) is 6.04 Å². The molecular weight excluding hydrogens is 358 g/mol. The molecule has 0 fully saturated rings. The van der Waals surface area contributed by atoms with E-state index in [2.05, 4.69) is 15.0 Å². The summed E-state index contributed by atoms with van der Waals surface area (Å²) in [6.07, 6.45) is 2.60. The molecule has 5 nitrogen and oxygen atoms in total. The second-order valence-corrected chi connectivity index (χ2v) is 8.73. The molecule has 0 unspecified atom stereocenters. The first-order valence-corrected chi connectivity index (χ1v) is 10.7. The van der Waals surface area contributed by atoms with E-state index < -0.39 is 10.0 Å². The standard InChI is InChI=1S/C21H27N3O2S/c1-5-17(13-23-20-8-6-7-19-18(20)9-10-22-19)24-27(25,26)21-15(3)11-14(2)12-16(21)4/h6-12,17,22-24H,5,13H2,1-4H3/t17-/m0/s1. The summed E-state index contributed by atoms with van der Waals surface area (Å²) in [7, 11) is -3.58. The van der Waals surface area contributed by atoms with E-state index in [0.29, 0.717) is 17.9 Å². The molecule has 0 aliphatic heterocycles. The molecule has 27 heavy (non-hydrogen) atoms. The van der Waals surface area contributed by atoms with Crippen molar-refractivity contribution < 1.29 is 8.42 Å². The molecule has 6 heteroatoms. The maximum atomic E-state index is 13.0. The molecule has 0 aliphatic carbocycles. The summed E-state index contributed by atoms with van der Waals surface area (Å²) < 4.78 is 28.9. The monoisotopic (exact) mass is 385 g/mol. The van der Waals surface area contributed by atoms with Crippen LogP contribution in [0.3, 0.4) is 0 Å². The van der Waals surface area contributed by atoms with Gasteiger partial charge in [0, 0.05) is 35.4 Å². The molecule has 2 aromatic carbocycles. The van der Waals surface area contributed by atoms with Crippen LogP contribution in [-0.4, -0.2) is 26.0 Å². The van der Waals surface area contributed by atoms with Crippen molar-refractivity contribution in [2.24, 2.45) is 0 Å². The number of sulfonamides is 1. The van der Waals surface area contributed by atoms with Crippen molar-refractivity contribution in [3.05, 3.63) is 59.3 Å². The smallest absolute Gasteiger partial charge is 0.241 e. The highest BCUT2D eigenvalue weighted by Crippen LogP contribution is 2.24. The van der Waals surface area contributed by atoms with Gasteiger partial charge in [0.15, 0.2) is 0 Å². The Balaban J connectivity index is 1.78. The minimum absolute atomic E-state index is 0.204. The first-order chi connectivity index (χ1) is 12.8. The van der Waals surface area contributed by atoms with Crippen LogP contribution in [0.2, 0.25) is 0 Å². The summed E-state index contributed by atoms with van der Waals surface area (Å²) in [5, 5.41) is 4.49. The first-order valence-electron chi connectivity index (χ1n) is 9.22. The number of rotatable bonds is 7. The Morgan fingerprint density at radius 1 is 1.07 bits per heavy atom. The highest BCUT2D eigenvalue weighted by Gasteiger charge is 2.23. The predicted octanol–water partition coefficient (Wildman–Crippen LogP) is 4.26. The second-order valence-electron chi connectivity index (χ2n) is 7.08. The molecule has 1 heterocycles. The molecule has 0 bridgehead atoms. The number of hydrogen-bond donors (Lipinski definition) is 3. The molecule has 3 aromatic rings. The lowest BCUT2D eigenvalue weighted by molar-refractivity contribution is 0.547. The summed E-state index contributed by atoms with van der Waals surface area (Å²) in [5.41, 5.74) is 4.67. The number of H-pyrrole nitrogens is 1. The maximum Gasteiger partial charge on any atom is 0.241 e. The van der Waals surface area contributed by atoms with Gasteiger partial charge in [0.05, 0.1) is 4.90 Å². The van der Waals surface area contributed by atoms with Gasteiger partial charge in [0.25, 0.3) is 0 Å². The number of hydrogen-bond acceptors (Lipinski definition) is 3. The van der Waals surface area contributed by atoms with Gasteiger partial charge in [0.1, 0.15) is 0 Å². The van der Waals surface area contributed by atoms with Crippen molar-refractivity contribution in [2.75, 3.05) is 11.9 Å². The average molecular weight is 386 g/mol. The Hall–Kier alpha value is -2.31. The summed E-state index contributed by atoms with van der Waals surface area (Å²) in [5.74, 6) is 0. The minimum Gasteiger partial charge on any atom is -0.383 e. The molecule has 3 N–H and O–H groups in total. The van der Waals surface area contributed by atoms with Crippen molar-refractivity contribution in [1.82, 2.24) is 9.71 Å². The normalized spacial score (nSPS) is 13.0. The Morgan fingerprint density at radius 3 is 2.44 bits per heavy atom. The van der Waals surface area contributed by atoms with Gasteiger partial charge < -0.3 is 10.3 Å². The zero-order chi connectivity index (χ0) is 19.6. The fourth-order valence-corrected chi connectivity index (χ4v) is 5.38. The van der Waals surface area contributed by atoms with Gasteiger partial charge >= 0.3 is 0 Å². The highest BCUT2D eigenvalue weighted by atomic mass is 32.2. The third-order valence-corrected chi connectivity index (χ3v) is 6.65. The summed E-state index contributed by atoms with van der Waals surface area (Å²) in [6, 6.07) is 11.6. The molecule has 0 spiro atoms. The van der Waals surface area contributed by atoms with E-state index in [0.717, 1.165) is 33.3 Å². The quantitative estimate of drug-likeness (QED) is 0.569. The van der Waals surface area contributed by atoms with Crippen LogP contribution in [0.25, 0.3) is 10.9 Å². The lowest BCUT2D eigenvalue weighted by Gasteiger charge is -2.20. The number of aryl methyl sites for hydroxylation is 3. The molecule has 1 aromatic heterocycles. The number of benzene rings is 2. The molecule has 0 radical (unpaired) electrons. The van der Waals surface area contributed by atoms with E-state index >= 15 is 0 Å². The lowest BCUT2D eigenvalue weighted by Crippen LogP contribution is -2.39. The van der Waals surface area contributed by atoms with Crippen LogP contribution < -0.4 is 10.0 Å².